The van der Waals surface area contributed by atoms with Crippen LogP contribution in [0.15, 0.2) is 0 Å². The molecule has 0 spiro atoms. The lowest BCUT2D eigenvalue weighted by Crippen LogP contribution is -2.47. The molecule has 0 heterocycles. The highest BCUT2D eigenvalue weighted by Gasteiger charge is 2.28. The van der Waals surface area contributed by atoms with Gasteiger partial charge in [0.2, 0.25) is 0 Å². The Bertz CT molecular complexity index is 508. The van der Waals surface area contributed by atoms with Gasteiger partial charge in [-0.1, -0.05) is 6.92 Å². The van der Waals surface area contributed by atoms with Crippen molar-refractivity contribution in [2.45, 2.75) is 102 Å². The van der Waals surface area contributed by atoms with E-state index >= 15 is 0 Å². The van der Waals surface area contributed by atoms with Crippen LogP contribution >= 0.6 is 0 Å². The first-order valence-corrected chi connectivity index (χ1v) is 12.0. The third-order valence-corrected chi connectivity index (χ3v) is 5.79. The van der Waals surface area contributed by atoms with Crippen molar-refractivity contribution in [2.24, 2.45) is 0 Å². The highest BCUT2D eigenvalue weighted by molar-refractivity contribution is 4.78. The van der Waals surface area contributed by atoms with Gasteiger partial charge in [0, 0.05) is 32.7 Å². The lowest BCUT2D eigenvalue weighted by Gasteiger charge is -2.32. The van der Waals surface area contributed by atoms with E-state index in [1.54, 1.807) is 4.90 Å². The van der Waals surface area contributed by atoms with E-state index in [9.17, 15) is 25.5 Å². The summed E-state index contributed by atoms with van der Waals surface area (Å²) in [4.78, 5) is 1.56. The Morgan fingerprint density at radius 3 is 1.88 bits per heavy atom. The smallest absolute Gasteiger partial charge is 0.182 e. The minimum absolute atomic E-state index is 0.0654. The number of hydrogen-bond donors (Lipinski definition) is 7. The summed E-state index contributed by atoms with van der Waals surface area (Å²) in [6.45, 7) is 10.0. The van der Waals surface area contributed by atoms with E-state index in [0.717, 1.165) is 6.42 Å². The maximum absolute atomic E-state index is 10.3. The largest absolute Gasteiger partial charge is 0.396 e. The Hall–Kier alpha value is -0.440. The molecule has 206 valence electrons. The molecule has 0 aliphatic heterocycles. The van der Waals surface area contributed by atoms with Crippen LogP contribution in [0.5, 0.6) is 0 Å². The first-order valence-electron chi connectivity index (χ1n) is 12.0. The van der Waals surface area contributed by atoms with E-state index < -0.39 is 36.3 Å². The lowest BCUT2D eigenvalue weighted by atomic mass is 10.0. The van der Waals surface area contributed by atoms with Crippen LogP contribution in [-0.4, -0.2) is 129 Å². The summed E-state index contributed by atoms with van der Waals surface area (Å²) in [5, 5.41) is 67.7. The SMILES string of the molecule is CCC(C)(C)OCCC(C)(C)OCCN(COC(O)C(O)CCO)CC(O)C(O)C(O)CCO. The van der Waals surface area contributed by atoms with E-state index in [0.29, 0.717) is 13.0 Å². The molecule has 0 aromatic heterocycles. The van der Waals surface area contributed by atoms with Gasteiger partial charge in [-0.2, -0.15) is 0 Å². The van der Waals surface area contributed by atoms with Crippen molar-refractivity contribution in [1.82, 2.24) is 4.90 Å². The van der Waals surface area contributed by atoms with Crippen molar-refractivity contribution < 1.29 is 50.0 Å². The van der Waals surface area contributed by atoms with Crippen molar-refractivity contribution in [2.75, 3.05) is 46.2 Å². The van der Waals surface area contributed by atoms with Gasteiger partial charge in [0.15, 0.2) is 6.29 Å². The van der Waals surface area contributed by atoms with Gasteiger partial charge in [-0.15, -0.1) is 0 Å². The summed E-state index contributed by atoms with van der Waals surface area (Å²) < 4.78 is 17.1. The van der Waals surface area contributed by atoms with Crippen LogP contribution in [0.3, 0.4) is 0 Å². The van der Waals surface area contributed by atoms with Gasteiger partial charge in [-0.05, 0) is 47.0 Å². The first-order chi connectivity index (χ1) is 15.8. The number of rotatable bonds is 21. The van der Waals surface area contributed by atoms with Crippen LogP contribution in [-0.2, 0) is 14.2 Å². The van der Waals surface area contributed by atoms with Gasteiger partial charge in [0.1, 0.15) is 18.9 Å². The second-order valence-corrected chi connectivity index (χ2v) is 9.80. The average molecular weight is 500 g/mol. The van der Waals surface area contributed by atoms with Crippen LogP contribution in [0.2, 0.25) is 0 Å². The maximum Gasteiger partial charge on any atom is 0.182 e. The van der Waals surface area contributed by atoms with Gasteiger partial charge in [0.25, 0.3) is 0 Å². The van der Waals surface area contributed by atoms with E-state index in [4.69, 9.17) is 24.4 Å². The molecule has 0 aromatic carbocycles. The Kier molecular flexibility index (Phi) is 16.9. The van der Waals surface area contributed by atoms with E-state index in [-0.39, 0.29) is 58.1 Å². The molecule has 0 radical (unpaired) electrons. The van der Waals surface area contributed by atoms with Crippen molar-refractivity contribution in [3.05, 3.63) is 0 Å². The summed E-state index contributed by atoms with van der Waals surface area (Å²) in [7, 11) is 0. The van der Waals surface area contributed by atoms with E-state index in [1.807, 2.05) is 27.7 Å². The first kappa shape index (κ1) is 33.6. The molecule has 0 aliphatic rings. The molecule has 0 saturated carbocycles. The zero-order valence-corrected chi connectivity index (χ0v) is 21.5. The number of hydrogen-bond acceptors (Lipinski definition) is 11. The van der Waals surface area contributed by atoms with E-state index in [1.165, 1.54) is 0 Å². The fraction of sp³-hybridized carbons (Fsp3) is 1.00. The lowest BCUT2D eigenvalue weighted by molar-refractivity contribution is -0.192. The zero-order valence-electron chi connectivity index (χ0n) is 21.5. The number of aliphatic hydroxyl groups is 7. The second-order valence-electron chi connectivity index (χ2n) is 9.80. The summed E-state index contributed by atoms with van der Waals surface area (Å²) in [6, 6.07) is 0. The van der Waals surface area contributed by atoms with Crippen LogP contribution in [0.1, 0.15) is 60.3 Å². The molecule has 5 atom stereocenters. The molecular formula is C23H49NO10. The summed E-state index contributed by atoms with van der Waals surface area (Å²) in [5.74, 6) is 0. The highest BCUT2D eigenvalue weighted by atomic mass is 16.6. The monoisotopic (exact) mass is 499 g/mol. The number of aliphatic hydroxyl groups excluding tert-OH is 7. The third-order valence-electron chi connectivity index (χ3n) is 5.79. The highest BCUT2D eigenvalue weighted by Crippen LogP contribution is 2.19. The molecule has 0 rings (SSSR count). The standard InChI is InChI=1S/C23H49NO10/c1-6-22(2,3)33-13-9-23(4,5)34-14-10-24(16-32-21(31)18(28)8-12-26)15-19(29)20(30)17(27)7-11-25/h17-21,25-31H,6-16H2,1-5H3. The van der Waals surface area contributed by atoms with Gasteiger partial charge in [-0.25, -0.2) is 0 Å². The van der Waals surface area contributed by atoms with Crippen LogP contribution < -0.4 is 0 Å². The number of nitrogens with zero attached hydrogens (tertiary/aromatic N) is 1. The Labute approximate surface area is 203 Å². The maximum atomic E-state index is 10.3. The molecule has 11 nitrogen and oxygen atoms in total. The van der Waals surface area contributed by atoms with Gasteiger partial charge in [-0.3, -0.25) is 4.90 Å². The Morgan fingerprint density at radius 1 is 0.765 bits per heavy atom. The molecule has 7 N–H and O–H groups in total. The van der Waals surface area contributed by atoms with Gasteiger partial charge >= 0.3 is 0 Å². The molecule has 0 fully saturated rings. The van der Waals surface area contributed by atoms with Crippen LogP contribution in [0, 0.1) is 0 Å². The molecule has 0 amide bonds. The molecule has 0 saturated heterocycles. The Morgan fingerprint density at radius 2 is 1.32 bits per heavy atom. The van der Waals surface area contributed by atoms with E-state index in [2.05, 4.69) is 6.92 Å². The summed E-state index contributed by atoms with van der Waals surface area (Å²) in [5.41, 5.74) is -0.689. The van der Waals surface area contributed by atoms with Crippen molar-refractivity contribution in [3.63, 3.8) is 0 Å². The van der Waals surface area contributed by atoms with Crippen molar-refractivity contribution >= 4 is 0 Å². The average Bonchev–Trinajstić information content (AvgIpc) is 2.76. The summed E-state index contributed by atoms with van der Waals surface area (Å²) in [6.07, 6.45) is -5.58. The molecule has 34 heavy (non-hydrogen) atoms. The van der Waals surface area contributed by atoms with Gasteiger partial charge < -0.3 is 50.0 Å². The predicted octanol–water partition coefficient (Wildman–Crippen LogP) is -0.820. The quantitative estimate of drug-likeness (QED) is 0.0984. The van der Waals surface area contributed by atoms with Crippen LogP contribution in [0.25, 0.3) is 0 Å². The fourth-order valence-electron chi connectivity index (χ4n) is 2.91. The molecule has 5 unspecified atom stereocenters. The molecular weight excluding hydrogens is 450 g/mol. The topological polar surface area (TPSA) is 173 Å². The minimum atomic E-state index is -1.55. The Balaban J connectivity index is 4.88. The zero-order chi connectivity index (χ0) is 26.4. The predicted molar refractivity (Wildman–Crippen MR) is 126 cm³/mol. The van der Waals surface area contributed by atoms with Gasteiger partial charge in [0.05, 0.1) is 36.6 Å². The van der Waals surface area contributed by atoms with Crippen molar-refractivity contribution in [3.8, 4) is 0 Å². The third kappa shape index (κ3) is 14.8. The molecule has 0 aliphatic carbocycles. The summed E-state index contributed by atoms with van der Waals surface area (Å²) >= 11 is 0. The van der Waals surface area contributed by atoms with Crippen molar-refractivity contribution in [1.29, 1.82) is 0 Å². The molecule has 0 bridgehead atoms. The molecule has 11 heteroatoms. The molecule has 0 aromatic rings. The second kappa shape index (κ2) is 17.1. The normalized spacial score (nSPS) is 17.6. The fourth-order valence-corrected chi connectivity index (χ4v) is 2.91. The van der Waals surface area contributed by atoms with Crippen LogP contribution in [0.4, 0.5) is 0 Å². The number of ether oxygens (including phenoxy) is 3. The minimum Gasteiger partial charge on any atom is -0.396 e.